The van der Waals surface area contributed by atoms with Crippen molar-refractivity contribution in [3.8, 4) is 0 Å². The van der Waals surface area contributed by atoms with Gasteiger partial charge in [0.15, 0.2) is 0 Å². The van der Waals surface area contributed by atoms with E-state index >= 15 is 0 Å². The van der Waals surface area contributed by atoms with Crippen LogP contribution in [0.5, 0.6) is 0 Å². The Balaban J connectivity index is 2.16. The van der Waals surface area contributed by atoms with Crippen molar-refractivity contribution in [1.29, 1.82) is 0 Å². The van der Waals surface area contributed by atoms with Crippen molar-refractivity contribution in [2.24, 2.45) is 0 Å². The van der Waals surface area contributed by atoms with Gasteiger partial charge < -0.3 is 0 Å². The quantitative estimate of drug-likeness (QED) is 0.329. The molecule has 1 fully saturated rings. The van der Waals surface area contributed by atoms with Crippen LogP contribution in [-0.4, -0.2) is 30.9 Å². The Morgan fingerprint density at radius 2 is 1.30 bits per heavy atom. The first kappa shape index (κ1) is 19.3. The van der Waals surface area contributed by atoms with Gasteiger partial charge in [-0.05, 0) is 0 Å². The summed E-state index contributed by atoms with van der Waals surface area (Å²) in [5.41, 5.74) is -9.22. The number of alkyl halides is 6. The van der Waals surface area contributed by atoms with Crippen LogP contribution in [-0.2, 0) is 10.1 Å². The van der Waals surface area contributed by atoms with E-state index in [1.54, 1.807) is 44.2 Å². The molecule has 146 valence electrons. The van der Waals surface area contributed by atoms with E-state index in [1.165, 1.54) is 18.2 Å². The van der Waals surface area contributed by atoms with Gasteiger partial charge in [-0.2, -0.15) is 0 Å². The molecule has 0 radical (unpaired) electrons. The number of rotatable bonds is 1. The molecule has 0 bridgehead atoms. The summed E-state index contributed by atoms with van der Waals surface area (Å²) in [6.07, 6.45) is -11.3. The fourth-order valence-electron chi connectivity index (χ4n) is 4.18. The minimum atomic E-state index is -5.63. The Morgan fingerprint density at radius 3 is 1.78 bits per heavy atom. The maximum absolute atomic E-state index is 14.1. The van der Waals surface area contributed by atoms with Crippen LogP contribution in [0.3, 0.4) is 0 Å². The van der Waals surface area contributed by atoms with Crippen molar-refractivity contribution in [1.82, 2.24) is 0 Å². The second-order valence-corrected chi connectivity index (χ2v) is 19.9. The summed E-state index contributed by atoms with van der Waals surface area (Å²) < 4.78 is 89.3. The molecular weight excluding hydrogens is 456 g/mol. The summed E-state index contributed by atoms with van der Waals surface area (Å²) >= 11 is -0.561. The molecule has 2 aromatic carbocycles. The summed E-state index contributed by atoms with van der Waals surface area (Å²) in [7, 11) is 0. The van der Waals surface area contributed by atoms with Gasteiger partial charge in [0.05, 0.1) is 0 Å². The van der Waals surface area contributed by atoms with Crippen LogP contribution in [0.2, 0.25) is 0 Å². The Morgan fingerprint density at radius 1 is 0.815 bits per heavy atom. The molecule has 0 unspecified atom stereocenters. The first-order valence-corrected chi connectivity index (χ1v) is 13.3. The van der Waals surface area contributed by atoms with Crippen LogP contribution in [0.25, 0.3) is 0 Å². The summed E-state index contributed by atoms with van der Waals surface area (Å²) in [4.78, 5) is 0. The standard InChI is InChI=1S/C18H15F6OPSe/c1-15(2)26(27-15,12-8-4-3-5-9-12)14-11-7-6-10-13(14)16(25-26,17(19,20)21)18(22,23)24/h3-11H,1-2H3. The second-order valence-electron chi connectivity index (χ2n) is 7.12. The third kappa shape index (κ3) is 1.95. The Bertz CT molecular complexity index is 911. The van der Waals surface area contributed by atoms with Crippen LogP contribution in [0, 0.1) is 0 Å². The van der Waals surface area contributed by atoms with Crippen LogP contribution >= 0.6 is 5.52 Å². The molecule has 1 nitrogen and oxygen atoms in total. The van der Waals surface area contributed by atoms with Gasteiger partial charge >= 0.3 is 158 Å². The van der Waals surface area contributed by atoms with Crippen molar-refractivity contribution >= 4 is 30.6 Å². The summed E-state index contributed by atoms with van der Waals surface area (Å²) in [5, 5.41) is 0.547. The van der Waals surface area contributed by atoms with Crippen molar-refractivity contribution in [3.05, 3.63) is 60.2 Å². The first-order valence-electron chi connectivity index (χ1n) is 8.07. The zero-order valence-corrected chi connectivity index (χ0v) is 16.8. The number of hydrogen-bond acceptors (Lipinski definition) is 1. The Hall–Kier alpha value is -1.07. The van der Waals surface area contributed by atoms with E-state index < -0.39 is 47.6 Å². The predicted octanol–water partition coefficient (Wildman–Crippen LogP) is 4.82. The van der Waals surface area contributed by atoms with Crippen LogP contribution in [0.15, 0.2) is 54.6 Å². The minimum absolute atomic E-state index is 0.0920. The monoisotopic (exact) mass is 472 g/mol. The number of halogens is 6. The SMILES string of the molecule is CC1(C)[Se]P12(c1ccccc1)OC(C(F)(F)F)(C(F)(F)F)c1ccccc12. The maximum atomic E-state index is 14.1. The van der Waals surface area contributed by atoms with Gasteiger partial charge in [-0.15, -0.1) is 0 Å². The van der Waals surface area contributed by atoms with Crippen LogP contribution < -0.4 is 10.6 Å². The molecule has 0 atom stereocenters. The molecule has 27 heavy (non-hydrogen) atoms. The fourth-order valence-corrected chi connectivity index (χ4v) is 22.1. The molecule has 0 N–H and O–H groups in total. The topological polar surface area (TPSA) is 9.23 Å². The van der Waals surface area contributed by atoms with E-state index in [9.17, 15) is 26.3 Å². The molecule has 2 aromatic rings. The van der Waals surface area contributed by atoms with Gasteiger partial charge in [0.1, 0.15) is 0 Å². The van der Waals surface area contributed by atoms with Crippen molar-refractivity contribution in [3.63, 3.8) is 0 Å². The molecule has 2 aliphatic heterocycles. The molecular formula is C18H15F6OPSe. The van der Waals surface area contributed by atoms with Gasteiger partial charge in [0, 0.05) is 0 Å². The molecule has 4 rings (SSSR count). The molecule has 0 saturated carbocycles. The molecule has 0 aromatic heterocycles. The summed E-state index contributed by atoms with van der Waals surface area (Å²) in [6.45, 7) is 3.44. The third-order valence-electron chi connectivity index (χ3n) is 5.40. The molecule has 1 spiro atoms. The Kier molecular flexibility index (Phi) is 3.63. The van der Waals surface area contributed by atoms with E-state index in [1.807, 2.05) is 0 Å². The predicted molar refractivity (Wildman–Crippen MR) is 93.8 cm³/mol. The average molecular weight is 471 g/mol. The van der Waals surface area contributed by atoms with Crippen LogP contribution in [0.1, 0.15) is 19.4 Å². The first-order chi connectivity index (χ1) is 12.3. The Labute approximate surface area is 157 Å². The van der Waals surface area contributed by atoms with Crippen LogP contribution in [0.4, 0.5) is 26.3 Å². The third-order valence-corrected chi connectivity index (χ3v) is 23.2. The van der Waals surface area contributed by atoms with E-state index in [2.05, 4.69) is 0 Å². The molecule has 0 amide bonds. The fraction of sp³-hybridized carbons (Fsp3) is 0.333. The molecule has 0 aliphatic carbocycles. The van der Waals surface area contributed by atoms with E-state index in [-0.39, 0.29) is 5.30 Å². The number of fused-ring (bicyclic) bond motifs is 2. The average Bonchev–Trinajstić information content (AvgIpc) is 2.93. The number of benzene rings is 2. The van der Waals surface area contributed by atoms with Crippen molar-refractivity contribution < 1.29 is 30.9 Å². The van der Waals surface area contributed by atoms with E-state index in [0.29, 0.717) is 5.30 Å². The second kappa shape index (κ2) is 5.10. The zero-order valence-electron chi connectivity index (χ0n) is 14.2. The molecule has 9 heteroatoms. The van der Waals surface area contributed by atoms with Gasteiger partial charge in [-0.25, -0.2) is 0 Å². The van der Waals surface area contributed by atoms with Crippen molar-refractivity contribution in [2.75, 3.05) is 0 Å². The molecule has 1 saturated heterocycles. The number of hydrogen-bond donors (Lipinski definition) is 0. The van der Waals surface area contributed by atoms with Crippen molar-refractivity contribution in [2.45, 2.75) is 35.9 Å². The van der Waals surface area contributed by atoms with Gasteiger partial charge in [-0.3, -0.25) is 0 Å². The van der Waals surface area contributed by atoms with Gasteiger partial charge in [-0.1, -0.05) is 0 Å². The summed E-state index contributed by atoms with van der Waals surface area (Å²) in [5.74, 6) is 0. The van der Waals surface area contributed by atoms with Gasteiger partial charge in [0.25, 0.3) is 0 Å². The molecule has 2 aliphatic rings. The normalized spacial score (nSPS) is 25.4. The van der Waals surface area contributed by atoms with Gasteiger partial charge in [0.2, 0.25) is 0 Å². The van der Waals surface area contributed by atoms with E-state index in [0.717, 1.165) is 6.07 Å². The molecule has 2 heterocycles. The summed E-state index contributed by atoms with van der Waals surface area (Å²) in [6, 6.07) is 13.2. The zero-order chi connectivity index (χ0) is 20.0. The van der Waals surface area contributed by atoms with E-state index in [4.69, 9.17) is 4.52 Å².